The number of aliphatic imine (C=N–C) groups is 2. The van der Waals surface area contributed by atoms with Crippen LogP contribution >= 0.6 is 0 Å². The Morgan fingerprint density at radius 2 is 2.35 bits per heavy atom. The van der Waals surface area contributed by atoms with Crippen LogP contribution in [0.1, 0.15) is 12.8 Å². The average Bonchev–Trinajstić information content (AvgIpc) is 2.91. The number of nitrogens with two attached hydrogens (primary N) is 1. The second kappa shape index (κ2) is 4.24. The summed E-state index contributed by atoms with van der Waals surface area (Å²) in [6, 6.07) is -0.642. The highest BCUT2D eigenvalue weighted by Gasteiger charge is 2.53. The van der Waals surface area contributed by atoms with E-state index in [-0.39, 0.29) is 31.2 Å². The van der Waals surface area contributed by atoms with Crippen LogP contribution in [0.25, 0.3) is 0 Å². The molecular formula is C11H17N5O4. The molecule has 0 saturated heterocycles. The Kier molecular flexibility index (Phi) is 2.85. The fraction of sp³-hybridized carbons (Fsp3) is 0.636. The first-order valence-electron chi connectivity index (χ1n) is 6.36. The summed E-state index contributed by atoms with van der Waals surface area (Å²) in [5.41, 5.74) is 4.43. The van der Waals surface area contributed by atoms with Crippen molar-refractivity contribution in [2.75, 3.05) is 13.2 Å². The molecule has 3 unspecified atom stereocenters. The fourth-order valence-corrected chi connectivity index (χ4v) is 2.92. The fourth-order valence-electron chi connectivity index (χ4n) is 2.92. The standard InChI is InChI=1S/C11H17N5O4/c12-10-13-3-7-9(15-10)16(20,5-14-7)6-1-8(18)11(19,2-6)4-17/h5-6,8,17-19H,1-4H2,(H3,12,13,15)/t6?,8?,11?,16-/m0/s1. The van der Waals surface area contributed by atoms with E-state index in [1.54, 1.807) is 0 Å². The van der Waals surface area contributed by atoms with Gasteiger partial charge in [-0.05, 0) is 0 Å². The summed E-state index contributed by atoms with van der Waals surface area (Å²) in [5, 5.41) is 44.9. The summed E-state index contributed by atoms with van der Waals surface area (Å²) in [7, 11) is 0. The number of nitrogens with one attached hydrogen (secondary N) is 1. The Morgan fingerprint density at radius 3 is 3.00 bits per heavy atom. The first-order chi connectivity index (χ1) is 9.39. The molecule has 0 aromatic rings. The monoisotopic (exact) mass is 283 g/mol. The topological polar surface area (TPSA) is 147 Å². The van der Waals surface area contributed by atoms with Gasteiger partial charge in [0.2, 0.25) is 5.82 Å². The molecule has 6 N–H and O–H groups in total. The van der Waals surface area contributed by atoms with Crippen LogP contribution in [0.15, 0.2) is 21.5 Å². The number of hydroxylamine groups is 3. The van der Waals surface area contributed by atoms with Crippen LogP contribution in [0.4, 0.5) is 0 Å². The second-order valence-electron chi connectivity index (χ2n) is 5.45. The predicted molar refractivity (Wildman–Crippen MR) is 69.8 cm³/mol. The van der Waals surface area contributed by atoms with Gasteiger partial charge in [-0.3, -0.25) is 9.96 Å². The molecule has 2 aliphatic heterocycles. The lowest BCUT2D eigenvalue weighted by atomic mass is 10.0. The zero-order valence-electron chi connectivity index (χ0n) is 10.7. The molecule has 1 aliphatic carbocycles. The van der Waals surface area contributed by atoms with Gasteiger partial charge in [-0.25, -0.2) is 4.99 Å². The van der Waals surface area contributed by atoms with Crippen molar-refractivity contribution in [1.82, 2.24) is 5.32 Å². The van der Waals surface area contributed by atoms with Gasteiger partial charge >= 0.3 is 0 Å². The van der Waals surface area contributed by atoms with Gasteiger partial charge in [-0.15, -0.1) is 0 Å². The van der Waals surface area contributed by atoms with Crippen LogP contribution in [-0.4, -0.2) is 63.2 Å². The molecule has 9 nitrogen and oxygen atoms in total. The third-order valence-corrected chi connectivity index (χ3v) is 4.17. The summed E-state index contributed by atoms with van der Waals surface area (Å²) < 4.78 is -0.926. The molecule has 0 aromatic carbocycles. The van der Waals surface area contributed by atoms with Crippen molar-refractivity contribution >= 4 is 12.3 Å². The zero-order chi connectivity index (χ0) is 14.5. The van der Waals surface area contributed by atoms with E-state index >= 15 is 0 Å². The van der Waals surface area contributed by atoms with Crippen molar-refractivity contribution in [2.24, 2.45) is 15.7 Å². The maximum atomic E-state index is 13.0. The Labute approximate surface area is 114 Å². The smallest absolute Gasteiger partial charge is 0.238 e. The number of aliphatic hydroxyl groups excluding tert-OH is 2. The van der Waals surface area contributed by atoms with Gasteiger partial charge in [0.25, 0.3) is 0 Å². The van der Waals surface area contributed by atoms with Gasteiger partial charge in [0.1, 0.15) is 17.3 Å². The molecule has 0 aromatic heterocycles. The summed E-state index contributed by atoms with van der Waals surface area (Å²) in [4.78, 5) is 8.00. The van der Waals surface area contributed by atoms with Crippen LogP contribution in [-0.2, 0) is 0 Å². The first-order valence-corrected chi connectivity index (χ1v) is 6.36. The lowest BCUT2D eigenvalue weighted by Crippen LogP contribution is -2.54. The third kappa shape index (κ3) is 1.75. The summed E-state index contributed by atoms with van der Waals surface area (Å²) >= 11 is 0. The maximum Gasteiger partial charge on any atom is 0.238 e. The molecule has 1 saturated carbocycles. The van der Waals surface area contributed by atoms with E-state index in [2.05, 4.69) is 15.3 Å². The van der Waals surface area contributed by atoms with Crippen LogP contribution in [0.2, 0.25) is 0 Å². The SMILES string of the molecule is NC1=NCC2=C(N1)[N@@+]([O-])(C1CC(O)C(O)(CO)C1)C=N2. The molecule has 0 bridgehead atoms. The van der Waals surface area contributed by atoms with Gasteiger partial charge in [-0.2, -0.15) is 4.99 Å². The van der Waals surface area contributed by atoms with Gasteiger partial charge in [0.05, 0.1) is 19.3 Å². The van der Waals surface area contributed by atoms with Crippen molar-refractivity contribution in [3.8, 4) is 0 Å². The molecule has 0 amide bonds. The minimum Gasteiger partial charge on any atom is -0.620 e. The number of hydrogen-bond acceptors (Lipinski definition) is 8. The van der Waals surface area contributed by atoms with E-state index in [0.717, 1.165) is 0 Å². The Balaban J connectivity index is 1.88. The second-order valence-corrected chi connectivity index (χ2v) is 5.45. The quantitative estimate of drug-likeness (QED) is 0.284. The highest BCUT2D eigenvalue weighted by Crippen LogP contribution is 2.40. The van der Waals surface area contributed by atoms with Crippen LogP contribution in [0.3, 0.4) is 0 Å². The number of hydrogen-bond donors (Lipinski definition) is 5. The largest absolute Gasteiger partial charge is 0.620 e. The van der Waals surface area contributed by atoms with E-state index < -0.39 is 29.0 Å². The van der Waals surface area contributed by atoms with Crippen LogP contribution in [0.5, 0.6) is 0 Å². The molecule has 1 fully saturated rings. The first kappa shape index (κ1) is 13.5. The van der Waals surface area contributed by atoms with Crippen molar-refractivity contribution in [3.63, 3.8) is 0 Å². The highest BCUT2D eigenvalue weighted by molar-refractivity contribution is 5.81. The number of guanidine groups is 1. The number of aliphatic hydroxyl groups is 3. The number of quaternary nitrogens is 1. The normalized spacial score (nSPS) is 43.5. The van der Waals surface area contributed by atoms with E-state index in [0.29, 0.717) is 5.70 Å². The minimum atomic E-state index is -1.65. The number of rotatable bonds is 2. The molecule has 4 atom stereocenters. The van der Waals surface area contributed by atoms with Crippen molar-refractivity contribution in [3.05, 3.63) is 16.7 Å². The van der Waals surface area contributed by atoms with Gasteiger partial charge in [0, 0.05) is 12.8 Å². The maximum absolute atomic E-state index is 13.0. The highest BCUT2D eigenvalue weighted by atomic mass is 16.6. The third-order valence-electron chi connectivity index (χ3n) is 4.17. The predicted octanol–water partition coefficient (Wildman–Crippen LogP) is -2.32. The van der Waals surface area contributed by atoms with Gasteiger partial charge in [-0.1, -0.05) is 0 Å². The minimum absolute atomic E-state index is 0.0182. The van der Waals surface area contributed by atoms with E-state index in [1.807, 2.05) is 0 Å². The van der Waals surface area contributed by atoms with Crippen molar-refractivity contribution in [2.45, 2.75) is 30.6 Å². The van der Waals surface area contributed by atoms with E-state index in [9.17, 15) is 20.5 Å². The summed E-state index contributed by atoms with van der Waals surface area (Å²) in [6.07, 6.45) is 0.124. The van der Waals surface area contributed by atoms with E-state index in [4.69, 9.17) is 5.73 Å². The Morgan fingerprint density at radius 1 is 1.60 bits per heavy atom. The van der Waals surface area contributed by atoms with E-state index in [1.165, 1.54) is 6.34 Å². The Hall–Kier alpha value is -1.52. The van der Waals surface area contributed by atoms with Crippen molar-refractivity contribution in [1.29, 1.82) is 0 Å². The molecule has 20 heavy (non-hydrogen) atoms. The summed E-state index contributed by atoms with van der Waals surface area (Å²) in [6.45, 7) is -0.364. The van der Waals surface area contributed by atoms with Crippen molar-refractivity contribution < 1.29 is 20.0 Å². The zero-order valence-corrected chi connectivity index (χ0v) is 10.7. The van der Waals surface area contributed by atoms with Gasteiger partial charge in [0.15, 0.2) is 12.3 Å². The molecule has 0 spiro atoms. The lowest BCUT2D eigenvalue weighted by Gasteiger charge is -2.42. The van der Waals surface area contributed by atoms with Crippen LogP contribution in [0, 0.1) is 5.21 Å². The van der Waals surface area contributed by atoms with Gasteiger partial charge < -0.3 is 26.3 Å². The summed E-state index contributed by atoms with van der Waals surface area (Å²) in [5.74, 6) is 0.417. The van der Waals surface area contributed by atoms with Crippen LogP contribution < -0.4 is 11.1 Å². The molecule has 110 valence electrons. The molecule has 3 aliphatic rings. The molecule has 0 radical (unpaired) electrons. The molecular weight excluding hydrogens is 266 g/mol. The lowest BCUT2D eigenvalue weighted by molar-refractivity contribution is -0.771. The average molecular weight is 283 g/mol. The number of nitrogens with zero attached hydrogens (tertiary/aromatic N) is 3. The molecule has 3 rings (SSSR count). The Bertz CT molecular complexity index is 533. The molecule has 2 heterocycles. The molecule has 9 heteroatoms.